The van der Waals surface area contributed by atoms with Gasteiger partial charge in [0.15, 0.2) is 0 Å². The van der Waals surface area contributed by atoms with Crippen molar-refractivity contribution in [1.29, 1.82) is 0 Å². The first-order chi connectivity index (χ1) is 6.63. The first-order valence-corrected chi connectivity index (χ1v) is 4.21. The number of benzene rings is 1. The molecule has 14 heavy (non-hydrogen) atoms. The van der Waals surface area contributed by atoms with Gasteiger partial charge in [0, 0.05) is 12.6 Å². The van der Waals surface area contributed by atoms with Gasteiger partial charge in [0.05, 0.1) is 10.7 Å². The summed E-state index contributed by atoms with van der Waals surface area (Å²) < 4.78 is 0. The van der Waals surface area contributed by atoms with Crippen LogP contribution in [-0.2, 0) is 9.59 Å². The predicted molar refractivity (Wildman–Crippen MR) is 55.1 cm³/mol. The highest BCUT2D eigenvalue weighted by Crippen LogP contribution is 2.24. The number of nitrogens with one attached hydrogen (secondary N) is 2. The number of anilines is 2. The number of carbonyl (C=O) groups is 1. The van der Waals surface area contributed by atoms with E-state index in [1.54, 1.807) is 18.2 Å². The summed E-state index contributed by atoms with van der Waals surface area (Å²) in [5.41, 5.74) is 0.979. The predicted octanol–water partition coefficient (Wildman–Crippen LogP) is 1.78. The minimum Gasteiger partial charge on any atom is -0.326 e. The van der Waals surface area contributed by atoms with E-state index in [0.29, 0.717) is 16.4 Å². The maximum Gasteiger partial charge on any atom is 0.314 e. The van der Waals surface area contributed by atoms with Gasteiger partial charge in [-0.15, -0.1) is 0 Å². The zero-order chi connectivity index (χ0) is 10.6. The molecule has 0 aromatic heterocycles. The molecule has 5 heteroatoms. The lowest BCUT2D eigenvalue weighted by molar-refractivity contribution is -0.114. The van der Waals surface area contributed by atoms with Crippen molar-refractivity contribution in [3.8, 4) is 0 Å². The molecule has 0 aliphatic heterocycles. The summed E-state index contributed by atoms with van der Waals surface area (Å²) in [6.45, 7) is 1.40. The van der Waals surface area contributed by atoms with Crippen molar-refractivity contribution in [2.75, 3.05) is 10.6 Å². The molecule has 1 aromatic carbocycles. The summed E-state index contributed by atoms with van der Waals surface area (Å²) in [7, 11) is 0. The highest BCUT2D eigenvalue weighted by atomic mass is 35.5. The Morgan fingerprint density at radius 2 is 2.21 bits per heavy atom. The molecule has 1 radical (unpaired) electrons. The van der Waals surface area contributed by atoms with Crippen LogP contribution in [0.15, 0.2) is 18.2 Å². The Morgan fingerprint density at radius 3 is 2.79 bits per heavy atom. The van der Waals surface area contributed by atoms with E-state index in [1.807, 2.05) is 0 Å². The van der Waals surface area contributed by atoms with Crippen LogP contribution in [0.4, 0.5) is 11.4 Å². The Balaban J connectivity index is 2.93. The van der Waals surface area contributed by atoms with Crippen LogP contribution >= 0.6 is 11.6 Å². The fourth-order valence-corrected chi connectivity index (χ4v) is 1.12. The summed E-state index contributed by atoms with van der Waals surface area (Å²) >= 11 is 5.76. The average molecular weight is 212 g/mol. The van der Waals surface area contributed by atoms with Gasteiger partial charge in [0.1, 0.15) is 0 Å². The van der Waals surface area contributed by atoms with Crippen molar-refractivity contribution in [1.82, 2.24) is 0 Å². The Kier molecular flexibility index (Phi) is 3.48. The average Bonchev–Trinajstić information content (AvgIpc) is 2.10. The highest BCUT2D eigenvalue weighted by Gasteiger charge is 2.02. The van der Waals surface area contributed by atoms with Crippen molar-refractivity contribution >= 4 is 35.3 Å². The van der Waals surface area contributed by atoms with E-state index < -0.39 is 0 Å². The molecular formula is C9H8ClN2O2. The number of amides is 2. The molecule has 0 aliphatic carbocycles. The topological polar surface area (TPSA) is 58.2 Å². The standard InChI is InChI=1S/C9H8ClN2O2/c1-6(14)12-7-2-3-8(10)9(4-7)11-5-13/h2-4H,1H3,(H,11,13)(H,12,14). The SMILES string of the molecule is CC(=O)Nc1ccc(Cl)c(N[C]=O)c1. The second kappa shape index (κ2) is 4.62. The summed E-state index contributed by atoms with van der Waals surface area (Å²) in [4.78, 5) is 20.8. The van der Waals surface area contributed by atoms with Crippen LogP contribution < -0.4 is 10.6 Å². The molecule has 0 heterocycles. The van der Waals surface area contributed by atoms with Gasteiger partial charge < -0.3 is 10.6 Å². The van der Waals surface area contributed by atoms with Gasteiger partial charge in [-0.25, -0.2) is 0 Å². The van der Waals surface area contributed by atoms with Crippen molar-refractivity contribution in [3.05, 3.63) is 23.2 Å². The minimum atomic E-state index is -0.187. The summed E-state index contributed by atoms with van der Waals surface area (Å²) in [6.07, 6.45) is 1.51. The third kappa shape index (κ3) is 2.74. The van der Waals surface area contributed by atoms with E-state index in [0.717, 1.165) is 0 Å². The molecule has 73 valence electrons. The summed E-state index contributed by atoms with van der Waals surface area (Å²) in [5.74, 6) is -0.187. The van der Waals surface area contributed by atoms with E-state index in [2.05, 4.69) is 10.6 Å². The van der Waals surface area contributed by atoms with Crippen LogP contribution in [0.25, 0.3) is 0 Å². The third-order valence-electron chi connectivity index (χ3n) is 1.47. The summed E-state index contributed by atoms with van der Waals surface area (Å²) in [6, 6.07) is 4.76. The molecule has 0 unspecified atom stereocenters. The quantitative estimate of drug-likeness (QED) is 0.749. The lowest BCUT2D eigenvalue weighted by Gasteiger charge is -2.05. The molecule has 0 spiro atoms. The smallest absolute Gasteiger partial charge is 0.314 e. The number of halogens is 1. The Morgan fingerprint density at radius 1 is 1.50 bits per heavy atom. The van der Waals surface area contributed by atoms with Crippen molar-refractivity contribution in [3.63, 3.8) is 0 Å². The maximum atomic E-state index is 10.7. The molecule has 0 aliphatic rings. The Labute approximate surface area is 86.3 Å². The lowest BCUT2D eigenvalue weighted by Crippen LogP contribution is -2.06. The molecule has 2 N–H and O–H groups in total. The third-order valence-corrected chi connectivity index (χ3v) is 1.80. The van der Waals surface area contributed by atoms with Crippen LogP contribution in [-0.4, -0.2) is 12.3 Å². The molecule has 0 atom stereocenters. The van der Waals surface area contributed by atoms with Gasteiger partial charge in [-0.2, -0.15) is 0 Å². The zero-order valence-corrected chi connectivity index (χ0v) is 8.18. The van der Waals surface area contributed by atoms with Crippen LogP contribution in [0, 0.1) is 0 Å². The van der Waals surface area contributed by atoms with Crippen molar-refractivity contribution < 1.29 is 9.59 Å². The molecular weight excluding hydrogens is 204 g/mol. The minimum absolute atomic E-state index is 0.187. The fraction of sp³-hybridized carbons (Fsp3) is 0.111. The highest BCUT2D eigenvalue weighted by molar-refractivity contribution is 6.33. The van der Waals surface area contributed by atoms with Gasteiger partial charge in [0.25, 0.3) is 0 Å². The molecule has 0 saturated carbocycles. The van der Waals surface area contributed by atoms with Crippen LogP contribution in [0.2, 0.25) is 5.02 Å². The largest absolute Gasteiger partial charge is 0.326 e. The number of rotatable bonds is 3. The Bertz CT molecular complexity index is 366. The fourth-order valence-electron chi connectivity index (χ4n) is 0.957. The van der Waals surface area contributed by atoms with E-state index in [4.69, 9.17) is 11.6 Å². The van der Waals surface area contributed by atoms with Gasteiger partial charge >= 0.3 is 6.41 Å². The second-order valence-electron chi connectivity index (χ2n) is 2.60. The van der Waals surface area contributed by atoms with E-state index >= 15 is 0 Å². The van der Waals surface area contributed by atoms with Crippen LogP contribution in [0.1, 0.15) is 6.92 Å². The molecule has 0 bridgehead atoms. The number of carbonyl (C=O) groups excluding carboxylic acids is 2. The molecule has 4 nitrogen and oxygen atoms in total. The lowest BCUT2D eigenvalue weighted by atomic mass is 10.2. The van der Waals surface area contributed by atoms with Gasteiger partial charge in [-0.05, 0) is 18.2 Å². The summed E-state index contributed by atoms with van der Waals surface area (Å²) in [5, 5.41) is 5.26. The monoisotopic (exact) mass is 211 g/mol. The molecule has 2 amide bonds. The first-order valence-electron chi connectivity index (χ1n) is 3.84. The van der Waals surface area contributed by atoms with Gasteiger partial charge in [-0.3, -0.25) is 9.59 Å². The number of hydrogen-bond donors (Lipinski definition) is 2. The van der Waals surface area contributed by atoms with Crippen LogP contribution in [0.5, 0.6) is 0 Å². The van der Waals surface area contributed by atoms with E-state index in [1.165, 1.54) is 13.3 Å². The van der Waals surface area contributed by atoms with Gasteiger partial charge in [-0.1, -0.05) is 11.6 Å². The Hall–Kier alpha value is -1.55. The normalized spacial score (nSPS) is 9.29. The van der Waals surface area contributed by atoms with Crippen molar-refractivity contribution in [2.24, 2.45) is 0 Å². The molecule has 0 saturated heterocycles. The number of hydrogen-bond acceptors (Lipinski definition) is 2. The second-order valence-corrected chi connectivity index (χ2v) is 3.01. The molecule has 0 fully saturated rings. The molecule has 1 aromatic rings. The maximum absolute atomic E-state index is 10.7. The first kappa shape index (κ1) is 10.5. The van der Waals surface area contributed by atoms with E-state index in [9.17, 15) is 9.59 Å². The molecule has 1 rings (SSSR count). The van der Waals surface area contributed by atoms with Crippen molar-refractivity contribution in [2.45, 2.75) is 6.92 Å². The van der Waals surface area contributed by atoms with Crippen LogP contribution in [0.3, 0.4) is 0 Å². The van der Waals surface area contributed by atoms with E-state index in [-0.39, 0.29) is 5.91 Å². The zero-order valence-electron chi connectivity index (χ0n) is 7.43. The van der Waals surface area contributed by atoms with Gasteiger partial charge in [0.2, 0.25) is 5.91 Å².